The molecule has 0 amide bonds. The van der Waals surface area contributed by atoms with E-state index in [1.807, 2.05) is 0 Å². The summed E-state index contributed by atoms with van der Waals surface area (Å²) >= 11 is 0. The number of nitrogens with zero attached hydrogens (tertiary/aromatic N) is 2. The summed E-state index contributed by atoms with van der Waals surface area (Å²) in [4.78, 5) is 4.36. The summed E-state index contributed by atoms with van der Waals surface area (Å²) in [7, 11) is 0. The minimum Gasteiger partial charge on any atom is -0.339 e. The second kappa shape index (κ2) is 3.87. The van der Waals surface area contributed by atoms with Gasteiger partial charge in [-0.1, -0.05) is 12.1 Å². The van der Waals surface area contributed by atoms with Crippen LogP contribution in [0.3, 0.4) is 0 Å². The fourth-order valence-electron chi connectivity index (χ4n) is 1.62. The summed E-state index contributed by atoms with van der Waals surface area (Å²) in [5.41, 5.74) is 0. The number of nitrogens with one attached hydrogen (secondary N) is 1. The molecule has 0 aliphatic carbocycles. The molecular formula is C9H15N3O. The van der Waals surface area contributed by atoms with Gasteiger partial charge in [0, 0.05) is 18.9 Å². The van der Waals surface area contributed by atoms with Crippen molar-refractivity contribution in [2.24, 2.45) is 0 Å². The molecule has 72 valence electrons. The van der Waals surface area contributed by atoms with Gasteiger partial charge in [0.25, 0.3) is 0 Å². The van der Waals surface area contributed by atoms with E-state index >= 15 is 0 Å². The fourth-order valence-corrected chi connectivity index (χ4v) is 1.62. The lowest BCUT2D eigenvalue weighted by atomic mass is 10.1. The SMILES string of the molecule is CCCc1nc(C2CCNC2)no1. The lowest BCUT2D eigenvalue weighted by Gasteiger charge is -1.98. The van der Waals surface area contributed by atoms with Crippen molar-refractivity contribution in [1.29, 1.82) is 0 Å². The highest BCUT2D eigenvalue weighted by molar-refractivity contribution is 4.99. The Morgan fingerprint density at radius 2 is 2.54 bits per heavy atom. The van der Waals surface area contributed by atoms with Crippen LogP contribution >= 0.6 is 0 Å². The van der Waals surface area contributed by atoms with Gasteiger partial charge in [0.1, 0.15) is 0 Å². The largest absolute Gasteiger partial charge is 0.339 e. The van der Waals surface area contributed by atoms with Crippen LogP contribution in [0.15, 0.2) is 4.52 Å². The van der Waals surface area contributed by atoms with Crippen LogP contribution in [-0.2, 0) is 6.42 Å². The maximum Gasteiger partial charge on any atom is 0.226 e. The Balaban J connectivity index is 2.03. The molecule has 0 radical (unpaired) electrons. The first-order chi connectivity index (χ1) is 6.40. The Morgan fingerprint density at radius 3 is 3.23 bits per heavy atom. The molecule has 1 unspecified atom stereocenters. The zero-order chi connectivity index (χ0) is 9.10. The van der Waals surface area contributed by atoms with Gasteiger partial charge < -0.3 is 9.84 Å². The minimum absolute atomic E-state index is 0.467. The highest BCUT2D eigenvalue weighted by Gasteiger charge is 2.21. The number of rotatable bonds is 3. The van der Waals surface area contributed by atoms with E-state index in [0.29, 0.717) is 5.92 Å². The fraction of sp³-hybridized carbons (Fsp3) is 0.778. The third-order valence-corrected chi connectivity index (χ3v) is 2.37. The van der Waals surface area contributed by atoms with E-state index in [2.05, 4.69) is 22.4 Å². The van der Waals surface area contributed by atoms with Crippen LogP contribution in [-0.4, -0.2) is 23.2 Å². The van der Waals surface area contributed by atoms with E-state index in [1.165, 1.54) is 0 Å². The predicted molar refractivity (Wildman–Crippen MR) is 48.5 cm³/mol. The quantitative estimate of drug-likeness (QED) is 0.758. The molecule has 1 atom stereocenters. The predicted octanol–water partition coefficient (Wildman–Crippen LogP) is 1.10. The van der Waals surface area contributed by atoms with Gasteiger partial charge in [-0.3, -0.25) is 0 Å². The third kappa shape index (κ3) is 1.88. The van der Waals surface area contributed by atoms with Gasteiger partial charge >= 0.3 is 0 Å². The monoisotopic (exact) mass is 181 g/mol. The molecule has 1 aliphatic heterocycles. The molecule has 0 spiro atoms. The first-order valence-electron chi connectivity index (χ1n) is 4.93. The molecule has 1 aromatic rings. The van der Waals surface area contributed by atoms with Gasteiger partial charge in [-0.05, 0) is 19.4 Å². The Bertz CT molecular complexity index is 266. The Kier molecular flexibility index (Phi) is 2.59. The van der Waals surface area contributed by atoms with E-state index in [9.17, 15) is 0 Å². The summed E-state index contributed by atoms with van der Waals surface area (Å²) in [5, 5.41) is 7.28. The smallest absolute Gasteiger partial charge is 0.226 e. The first-order valence-corrected chi connectivity index (χ1v) is 4.93. The van der Waals surface area contributed by atoms with E-state index in [1.54, 1.807) is 0 Å². The maximum atomic E-state index is 5.13. The van der Waals surface area contributed by atoms with Gasteiger partial charge in [-0.15, -0.1) is 0 Å². The van der Waals surface area contributed by atoms with E-state index in [0.717, 1.165) is 44.1 Å². The maximum absolute atomic E-state index is 5.13. The summed E-state index contributed by atoms with van der Waals surface area (Å²) in [6, 6.07) is 0. The topological polar surface area (TPSA) is 51.0 Å². The summed E-state index contributed by atoms with van der Waals surface area (Å²) in [6.07, 6.45) is 3.09. The highest BCUT2D eigenvalue weighted by atomic mass is 16.5. The van der Waals surface area contributed by atoms with Crippen molar-refractivity contribution in [1.82, 2.24) is 15.5 Å². The average molecular weight is 181 g/mol. The number of hydrogen-bond donors (Lipinski definition) is 1. The van der Waals surface area contributed by atoms with Crippen LogP contribution in [0.2, 0.25) is 0 Å². The van der Waals surface area contributed by atoms with Gasteiger partial charge in [-0.2, -0.15) is 4.98 Å². The zero-order valence-corrected chi connectivity index (χ0v) is 7.92. The summed E-state index contributed by atoms with van der Waals surface area (Å²) in [6.45, 7) is 4.18. The van der Waals surface area contributed by atoms with Gasteiger partial charge in [-0.25, -0.2) is 0 Å². The van der Waals surface area contributed by atoms with Gasteiger partial charge in [0.05, 0.1) is 0 Å². The van der Waals surface area contributed by atoms with Crippen molar-refractivity contribution in [3.63, 3.8) is 0 Å². The lowest BCUT2D eigenvalue weighted by molar-refractivity contribution is 0.369. The molecule has 2 heterocycles. The molecule has 1 aromatic heterocycles. The van der Waals surface area contributed by atoms with Crippen molar-refractivity contribution >= 4 is 0 Å². The molecule has 2 rings (SSSR count). The molecular weight excluding hydrogens is 166 g/mol. The standard InChI is InChI=1S/C9H15N3O/c1-2-3-8-11-9(12-13-8)7-4-5-10-6-7/h7,10H,2-6H2,1H3. The Hall–Kier alpha value is -0.900. The van der Waals surface area contributed by atoms with E-state index in [4.69, 9.17) is 4.52 Å². The third-order valence-electron chi connectivity index (χ3n) is 2.37. The molecule has 0 bridgehead atoms. The lowest BCUT2D eigenvalue weighted by Crippen LogP contribution is -2.08. The Labute approximate surface area is 77.7 Å². The molecule has 1 saturated heterocycles. The van der Waals surface area contributed by atoms with E-state index < -0.39 is 0 Å². The normalized spacial score (nSPS) is 22.4. The average Bonchev–Trinajstić information content (AvgIpc) is 2.70. The van der Waals surface area contributed by atoms with Crippen molar-refractivity contribution in [2.75, 3.05) is 13.1 Å². The van der Waals surface area contributed by atoms with Gasteiger partial charge in [0.15, 0.2) is 5.82 Å². The van der Waals surface area contributed by atoms with Crippen molar-refractivity contribution in [3.05, 3.63) is 11.7 Å². The van der Waals surface area contributed by atoms with Crippen LogP contribution in [0, 0.1) is 0 Å². The second-order valence-electron chi connectivity index (χ2n) is 3.49. The first kappa shape index (κ1) is 8.69. The molecule has 1 aliphatic rings. The van der Waals surface area contributed by atoms with Crippen LogP contribution in [0.4, 0.5) is 0 Å². The minimum atomic E-state index is 0.467. The van der Waals surface area contributed by atoms with Crippen molar-refractivity contribution < 1.29 is 4.52 Å². The van der Waals surface area contributed by atoms with Crippen LogP contribution < -0.4 is 5.32 Å². The van der Waals surface area contributed by atoms with Gasteiger partial charge in [0.2, 0.25) is 5.89 Å². The van der Waals surface area contributed by atoms with Crippen LogP contribution in [0.25, 0.3) is 0 Å². The van der Waals surface area contributed by atoms with Crippen LogP contribution in [0.5, 0.6) is 0 Å². The number of aryl methyl sites for hydroxylation is 1. The molecule has 4 nitrogen and oxygen atoms in total. The van der Waals surface area contributed by atoms with Crippen molar-refractivity contribution in [2.45, 2.75) is 32.1 Å². The number of hydrogen-bond acceptors (Lipinski definition) is 4. The zero-order valence-electron chi connectivity index (χ0n) is 7.92. The van der Waals surface area contributed by atoms with E-state index in [-0.39, 0.29) is 0 Å². The molecule has 13 heavy (non-hydrogen) atoms. The summed E-state index contributed by atoms with van der Waals surface area (Å²) in [5.74, 6) is 2.13. The van der Waals surface area contributed by atoms with Crippen LogP contribution in [0.1, 0.15) is 37.4 Å². The summed E-state index contributed by atoms with van der Waals surface area (Å²) < 4.78 is 5.13. The molecule has 0 saturated carbocycles. The molecule has 0 aromatic carbocycles. The number of aromatic nitrogens is 2. The second-order valence-corrected chi connectivity index (χ2v) is 3.49. The Morgan fingerprint density at radius 1 is 1.62 bits per heavy atom. The molecule has 1 N–H and O–H groups in total. The molecule has 4 heteroatoms. The highest BCUT2D eigenvalue weighted by Crippen LogP contribution is 2.19. The van der Waals surface area contributed by atoms with Crippen molar-refractivity contribution in [3.8, 4) is 0 Å². The molecule has 1 fully saturated rings.